The highest BCUT2D eigenvalue weighted by Crippen LogP contribution is 2.15. The molecule has 0 amide bonds. The first-order valence-electron chi connectivity index (χ1n) is 15.5. The minimum atomic E-state index is -0.677. The Bertz CT molecular complexity index is 463. The topological polar surface area (TPSA) is 63.6 Å². The summed E-state index contributed by atoms with van der Waals surface area (Å²) in [5.74, 6) is -0.687. The standard InChI is InChI=1S/C31H60O4/c1-3-4-5-6-7-8-9-10-11-16-19-22-25-28-31(34)35-29(2)26-23-20-17-14-12-13-15-18-21-24-27-30(32)33/h29H,3-28H2,1-2H3,(H,32,33). The maximum atomic E-state index is 12.0. The van der Waals surface area contributed by atoms with E-state index in [2.05, 4.69) is 6.92 Å². The predicted octanol–water partition coefficient (Wildman–Crippen LogP) is 10.2. The van der Waals surface area contributed by atoms with E-state index < -0.39 is 5.97 Å². The van der Waals surface area contributed by atoms with Crippen molar-refractivity contribution < 1.29 is 19.4 Å². The van der Waals surface area contributed by atoms with E-state index >= 15 is 0 Å². The van der Waals surface area contributed by atoms with Crippen LogP contribution in [0, 0.1) is 0 Å². The first-order valence-corrected chi connectivity index (χ1v) is 15.5. The van der Waals surface area contributed by atoms with Crippen LogP contribution in [-0.4, -0.2) is 23.1 Å². The zero-order valence-corrected chi connectivity index (χ0v) is 23.6. The van der Waals surface area contributed by atoms with Gasteiger partial charge in [-0.25, -0.2) is 0 Å². The maximum absolute atomic E-state index is 12.0. The van der Waals surface area contributed by atoms with Crippen LogP contribution in [0.25, 0.3) is 0 Å². The van der Waals surface area contributed by atoms with E-state index in [1.165, 1.54) is 109 Å². The largest absolute Gasteiger partial charge is 0.481 e. The smallest absolute Gasteiger partial charge is 0.306 e. The molecule has 0 fully saturated rings. The summed E-state index contributed by atoms with van der Waals surface area (Å²) >= 11 is 0. The first kappa shape index (κ1) is 33.9. The number of hydrogen-bond donors (Lipinski definition) is 1. The molecular formula is C31H60O4. The Balaban J connectivity index is 3.30. The third-order valence-electron chi connectivity index (χ3n) is 7.07. The average molecular weight is 497 g/mol. The summed E-state index contributed by atoms with van der Waals surface area (Å²) in [4.78, 5) is 22.5. The van der Waals surface area contributed by atoms with E-state index in [9.17, 15) is 9.59 Å². The molecule has 0 aliphatic heterocycles. The molecule has 35 heavy (non-hydrogen) atoms. The lowest BCUT2D eigenvalue weighted by Crippen LogP contribution is -2.14. The molecule has 0 aromatic carbocycles. The lowest BCUT2D eigenvalue weighted by Gasteiger charge is -2.13. The SMILES string of the molecule is CCCCCCCCCCCCCCCC(=O)OC(C)CCCCCCCCCCCCC(=O)O. The summed E-state index contributed by atoms with van der Waals surface area (Å²) in [5, 5.41) is 8.62. The number of aliphatic carboxylic acids is 1. The van der Waals surface area contributed by atoms with Gasteiger partial charge in [0, 0.05) is 12.8 Å². The third-order valence-corrected chi connectivity index (χ3v) is 7.07. The van der Waals surface area contributed by atoms with Gasteiger partial charge in [-0.1, -0.05) is 135 Å². The van der Waals surface area contributed by atoms with Crippen LogP contribution in [0.15, 0.2) is 0 Å². The van der Waals surface area contributed by atoms with Crippen LogP contribution >= 0.6 is 0 Å². The predicted molar refractivity (Wildman–Crippen MR) is 149 cm³/mol. The molecular weight excluding hydrogens is 436 g/mol. The second-order valence-electron chi connectivity index (χ2n) is 10.8. The van der Waals surface area contributed by atoms with Crippen molar-refractivity contribution in [3.63, 3.8) is 0 Å². The van der Waals surface area contributed by atoms with Gasteiger partial charge in [0.15, 0.2) is 0 Å². The summed E-state index contributed by atoms with van der Waals surface area (Å²) in [6, 6.07) is 0. The van der Waals surface area contributed by atoms with Crippen LogP contribution < -0.4 is 0 Å². The number of hydrogen-bond acceptors (Lipinski definition) is 3. The first-order chi connectivity index (χ1) is 17.1. The molecule has 208 valence electrons. The number of carbonyl (C=O) groups excluding carboxylic acids is 1. The second-order valence-corrected chi connectivity index (χ2v) is 10.8. The maximum Gasteiger partial charge on any atom is 0.306 e. The number of carboxylic acid groups (broad SMARTS) is 1. The zero-order valence-electron chi connectivity index (χ0n) is 23.6. The highest BCUT2D eigenvalue weighted by molar-refractivity contribution is 5.69. The molecule has 0 aromatic rings. The van der Waals surface area contributed by atoms with Crippen molar-refractivity contribution in [2.24, 2.45) is 0 Å². The van der Waals surface area contributed by atoms with Gasteiger partial charge < -0.3 is 9.84 Å². The Hall–Kier alpha value is -1.06. The van der Waals surface area contributed by atoms with Crippen molar-refractivity contribution in [2.75, 3.05) is 0 Å². The van der Waals surface area contributed by atoms with E-state index in [0.29, 0.717) is 12.8 Å². The van der Waals surface area contributed by atoms with Gasteiger partial charge in [-0.2, -0.15) is 0 Å². The summed E-state index contributed by atoms with van der Waals surface area (Å²) in [6.07, 6.45) is 30.8. The molecule has 0 saturated heterocycles. The quantitative estimate of drug-likeness (QED) is 0.0864. The fourth-order valence-corrected chi connectivity index (χ4v) is 4.75. The number of esters is 1. The number of carboxylic acids is 1. The van der Waals surface area contributed by atoms with Gasteiger partial charge in [-0.05, 0) is 32.6 Å². The molecule has 0 bridgehead atoms. The van der Waals surface area contributed by atoms with Crippen molar-refractivity contribution in [1.82, 2.24) is 0 Å². The molecule has 0 aliphatic carbocycles. The fourth-order valence-electron chi connectivity index (χ4n) is 4.75. The van der Waals surface area contributed by atoms with E-state index in [4.69, 9.17) is 9.84 Å². The van der Waals surface area contributed by atoms with Gasteiger partial charge in [0.1, 0.15) is 0 Å². The van der Waals surface area contributed by atoms with Crippen LogP contribution in [0.1, 0.15) is 181 Å². The van der Waals surface area contributed by atoms with E-state index in [1.807, 2.05) is 6.92 Å². The van der Waals surface area contributed by atoms with E-state index in [-0.39, 0.29) is 12.1 Å². The van der Waals surface area contributed by atoms with Crippen LogP contribution in [-0.2, 0) is 14.3 Å². The van der Waals surface area contributed by atoms with Gasteiger partial charge in [-0.3, -0.25) is 9.59 Å². The van der Waals surface area contributed by atoms with Crippen molar-refractivity contribution in [3.05, 3.63) is 0 Å². The number of unbranched alkanes of at least 4 members (excludes halogenated alkanes) is 21. The minimum absolute atomic E-state index is 0.0103. The fraction of sp³-hybridized carbons (Fsp3) is 0.935. The normalized spacial score (nSPS) is 12.1. The van der Waals surface area contributed by atoms with Crippen molar-refractivity contribution in [3.8, 4) is 0 Å². The average Bonchev–Trinajstić information content (AvgIpc) is 2.82. The lowest BCUT2D eigenvalue weighted by molar-refractivity contribution is -0.148. The molecule has 1 N–H and O–H groups in total. The number of ether oxygens (including phenoxy) is 1. The van der Waals surface area contributed by atoms with Gasteiger partial charge in [0.05, 0.1) is 6.10 Å². The molecule has 4 heteroatoms. The van der Waals surface area contributed by atoms with Crippen LogP contribution in [0.2, 0.25) is 0 Å². The summed E-state index contributed by atoms with van der Waals surface area (Å²) in [7, 11) is 0. The van der Waals surface area contributed by atoms with Gasteiger partial charge in [0.25, 0.3) is 0 Å². The summed E-state index contributed by atoms with van der Waals surface area (Å²) < 4.78 is 5.59. The highest BCUT2D eigenvalue weighted by atomic mass is 16.5. The Morgan fingerprint density at radius 3 is 1.29 bits per heavy atom. The molecule has 1 atom stereocenters. The Kier molecular flexibility index (Phi) is 26.7. The summed E-state index contributed by atoms with van der Waals surface area (Å²) in [5.41, 5.74) is 0. The lowest BCUT2D eigenvalue weighted by atomic mass is 10.0. The second kappa shape index (κ2) is 27.5. The Morgan fingerprint density at radius 1 is 0.543 bits per heavy atom. The molecule has 0 aliphatic rings. The molecule has 4 nitrogen and oxygen atoms in total. The van der Waals surface area contributed by atoms with Crippen LogP contribution in [0.3, 0.4) is 0 Å². The van der Waals surface area contributed by atoms with Crippen molar-refractivity contribution in [2.45, 2.75) is 187 Å². The minimum Gasteiger partial charge on any atom is -0.481 e. The van der Waals surface area contributed by atoms with Crippen LogP contribution in [0.5, 0.6) is 0 Å². The number of carbonyl (C=O) groups is 2. The molecule has 0 saturated carbocycles. The van der Waals surface area contributed by atoms with Crippen LogP contribution in [0.4, 0.5) is 0 Å². The van der Waals surface area contributed by atoms with Gasteiger partial charge in [0.2, 0.25) is 0 Å². The Labute approximate surface area is 218 Å². The van der Waals surface area contributed by atoms with Gasteiger partial charge >= 0.3 is 11.9 Å². The monoisotopic (exact) mass is 496 g/mol. The Morgan fingerprint density at radius 2 is 0.886 bits per heavy atom. The molecule has 1 unspecified atom stereocenters. The van der Waals surface area contributed by atoms with E-state index in [1.54, 1.807) is 0 Å². The third kappa shape index (κ3) is 29.1. The zero-order chi connectivity index (χ0) is 25.8. The molecule has 0 spiro atoms. The van der Waals surface area contributed by atoms with Crippen molar-refractivity contribution >= 4 is 11.9 Å². The summed E-state index contributed by atoms with van der Waals surface area (Å²) in [6.45, 7) is 4.31. The number of rotatable bonds is 28. The molecule has 0 heterocycles. The molecule has 0 aromatic heterocycles. The molecule has 0 rings (SSSR count). The van der Waals surface area contributed by atoms with Gasteiger partial charge in [-0.15, -0.1) is 0 Å². The van der Waals surface area contributed by atoms with Crippen molar-refractivity contribution in [1.29, 1.82) is 0 Å². The van der Waals surface area contributed by atoms with E-state index in [0.717, 1.165) is 44.9 Å². The molecule has 0 radical (unpaired) electrons. The highest BCUT2D eigenvalue weighted by Gasteiger charge is 2.09.